The normalized spacial score (nSPS) is 15.0. The first-order valence-electron chi connectivity index (χ1n) is 9.10. The Kier molecular flexibility index (Phi) is 5.64. The maximum Gasteiger partial charge on any atom is 0.228 e. The highest BCUT2D eigenvalue weighted by Gasteiger charge is 2.26. The number of halogens is 1. The Morgan fingerprint density at radius 2 is 2.00 bits per heavy atom. The molecule has 3 aromatic rings. The molecule has 4 rings (SSSR count). The van der Waals surface area contributed by atoms with Crippen LogP contribution < -0.4 is 10.2 Å². The van der Waals surface area contributed by atoms with Crippen molar-refractivity contribution >= 4 is 51.8 Å². The number of carbonyl (C=O) groups is 1. The maximum atomic E-state index is 12.6. The van der Waals surface area contributed by atoms with Crippen LogP contribution in [0.15, 0.2) is 47.8 Å². The number of aromatic nitrogens is 3. The van der Waals surface area contributed by atoms with Gasteiger partial charge in [-0.1, -0.05) is 11.6 Å². The van der Waals surface area contributed by atoms with E-state index in [1.165, 1.54) is 11.1 Å². The predicted molar refractivity (Wildman–Crippen MR) is 114 cm³/mol. The van der Waals surface area contributed by atoms with Gasteiger partial charge < -0.3 is 10.2 Å². The Morgan fingerprint density at radius 3 is 2.71 bits per heavy atom. The van der Waals surface area contributed by atoms with E-state index in [9.17, 15) is 4.79 Å². The van der Waals surface area contributed by atoms with Gasteiger partial charge in [0.25, 0.3) is 0 Å². The van der Waals surface area contributed by atoms with Gasteiger partial charge >= 0.3 is 0 Å². The van der Waals surface area contributed by atoms with Crippen LogP contribution in [0.5, 0.6) is 0 Å². The molecular formula is C20H20ClN5OS. The SMILES string of the molecule is CSc1ccc2ncnc(N3CCC(C(=O)Nc4ccc(Cl)cn4)CC3)c2c1. The second kappa shape index (κ2) is 8.32. The number of nitrogens with one attached hydrogen (secondary N) is 1. The zero-order chi connectivity index (χ0) is 19.5. The Labute approximate surface area is 172 Å². The predicted octanol–water partition coefficient (Wildman–Crippen LogP) is 4.26. The summed E-state index contributed by atoms with van der Waals surface area (Å²) in [6.07, 6.45) is 6.74. The molecule has 8 heteroatoms. The average molecular weight is 414 g/mol. The highest BCUT2D eigenvalue weighted by Crippen LogP contribution is 2.30. The van der Waals surface area contributed by atoms with Crippen molar-refractivity contribution in [2.24, 2.45) is 5.92 Å². The van der Waals surface area contributed by atoms with Gasteiger partial charge in [-0.15, -0.1) is 11.8 Å². The minimum Gasteiger partial charge on any atom is -0.356 e. The summed E-state index contributed by atoms with van der Waals surface area (Å²) in [6, 6.07) is 9.68. The van der Waals surface area contributed by atoms with Crippen molar-refractivity contribution in [3.05, 3.63) is 47.9 Å². The van der Waals surface area contributed by atoms with E-state index in [0.717, 1.165) is 42.7 Å². The van der Waals surface area contributed by atoms with Crippen molar-refractivity contribution in [2.75, 3.05) is 29.6 Å². The van der Waals surface area contributed by atoms with Crippen molar-refractivity contribution in [1.82, 2.24) is 15.0 Å². The third-order valence-electron chi connectivity index (χ3n) is 4.97. The minimum absolute atomic E-state index is 0.00619. The van der Waals surface area contributed by atoms with Gasteiger partial charge in [0.1, 0.15) is 18.0 Å². The first kappa shape index (κ1) is 19.0. The van der Waals surface area contributed by atoms with Gasteiger partial charge in [0.2, 0.25) is 5.91 Å². The monoisotopic (exact) mass is 413 g/mol. The Morgan fingerprint density at radius 1 is 1.18 bits per heavy atom. The molecule has 1 aliphatic rings. The molecule has 1 aliphatic heterocycles. The molecule has 0 atom stereocenters. The minimum atomic E-state index is -0.0383. The van der Waals surface area contributed by atoms with Gasteiger partial charge in [-0.25, -0.2) is 15.0 Å². The van der Waals surface area contributed by atoms with Crippen molar-refractivity contribution in [3.63, 3.8) is 0 Å². The Bertz CT molecular complexity index is 990. The third-order valence-corrected chi connectivity index (χ3v) is 5.91. The van der Waals surface area contributed by atoms with E-state index in [4.69, 9.17) is 11.6 Å². The second-order valence-corrected chi connectivity index (χ2v) is 8.01. The fourth-order valence-corrected chi connectivity index (χ4v) is 3.98. The fourth-order valence-electron chi connectivity index (χ4n) is 3.43. The van der Waals surface area contributed by atoms with E-state index in [1.807, 2.05) is 6.07 Å². The van der Waals surface area contributed by atoms with Crippen LogP contribution in [0.4, 0.5) is 11.6 Å². The lowest BCUT2D eigenvalue weighted by Gasteiger charge is -2.32. The molecule has 0 bridgehead atoms. The van der Waals surface area contributed by atoms with E-state index in [0.29, 0.717) is 10.8 Å². The molecule has 1 saturated heterocycles. The molecule has 1 aromatic carbocycles. The van der Waals surface area contributed by atoms with Gasteiger partial charge in [-0.05, 0) is 49.4 Å². The van der Waals surface area contributed by atoms with E-state index < -0.39 is 0 Å². The smallest absolute Gasteiger partial charge is 0.228 e. The summed E-state index contributed by atoms with van der Waals surface area (Å²) in [5, 5.41) is 4.49. The first-order chi connectivity index (χ1) is 13.6. The number of amides is 1. The molecule has 144 valence electrons. The molecule has 28 heavy (non-hydrogen) atoms. The van der Waals surface area contributed by atoms with Gasteiger partial charge in [0, 0.05) is 35.5 Å². The van der Waals surface area contributed by atoms with E-state index >= 15 is 0 Å². The Hall–Kier alpha value is -2.38. The number of carbonyl (C=O) groups excluding carboxylic acids is 1. The average Bonchev–Trinajstić information content (AvgIpc) is 2.74. The summed E-state index contributed by atoms with van der Waals surface area (Å²) >= 11 is 7.54. The molecule has 0 spiro atoms. The van der Waals surface area contributed by atoms with Crippen LogP contribution in [-0.2, 0) is 4.79 Å². The topological polar surface area (TPSA) is 71.0 Å². The molecular weight excluding hydrogens is 394 g/mol. The lowest BCUT2D eigenvalue weighted by atomic mass is 9.95. The van der Waals surface area contributed by atoms with Crippen LogP contribution in [0.25, 0.3) is 10.9 Å². The maximum absolute atomic E-state index is 12.6. The van der Waals surface area contributed by atoms with Gasteiger partial charge in [-0.3, -0.25) is 4.79 Å². The van der Waals surface area contributed by atoms with E-state index in [-0.39, 0.29) is 11.8 Å². The highest BCUT2D eigenvalue weighted by atomic mass is 35.5. The molecule has 1 N–H and O–H groups in total. The van der Waals surface area contributed by atoms with Crippen molar-refractivity contribution in [2.45, 2.75) is 17.7 Å². The molecule has 2 aromatic heterocycles. The number of hydrogen-bond donors (Lipinski definition) is 1. The summed E-state index contributed by atoms with van der Waals surface area (Å²) < 4.78 is 0. The third kappa shape index (κ3) is 4.05. The zero-order valence-corrected chi connectivity index (χ0v) is 17.0. The number of pyridine rings is 1. The Balaban J connectivity index is 1.44. The highest BCUT2D eigenvalue weighted by molar-refractivity contribution is 7.98. The number of thioether (sulfide) groups is 1. The number of piperidine rings is 1. The first-order valence-corrected chi connectivity index (χ1v) is 10.7. The van der Waals surface area contributed by atoms with E-state index in [1.54, 1.807) is 30.2 Å². The van der Waals surface area contributed by atoms with Crippen LogP contribution in [-0.4, -0.2) is 40.2 Å². The molecule has 1 amide bonds. The quantitative estimate of drug-likeness (QED) is 0.644. The van der Waals surface area contributed by atoms with Gasteiger partial charge in [0.15, 0.2) is 0 Å². The van der Waals surface area contributed by atoms with Crippen LogP contribution >= 0.6 is 23.4 Å². The van der Waals surface area contributed by atoms with Crippen LogP contribution in [0.2, 0.25) is 5.02 Å². The van der Waals surface area contributed by atoms with Crippen LogP contribution in [0.3, 0.4) is 0 Å². The van der Waals surface area contributed by atoms with Crippen LogP contribution in [0.1, 0.15) is 12.8 Å². The molecule has 6 nitrogen and oxygen atoms in total. The van der Waals surface area contributed by atoms with Gasteiger partial charge in [0.05, 0.1) is 10.5 Å². The molecule has 0 aliphatic carbocycles. The standard InChI is InChI=1S/C20H20ClN5OS/c1-28-15-3-4-17-16(10-15)19(24-12-23-17)26-8-6-13(7-9-26)20(27)25-18-5-2-14(21)11-22-18/h2-5,10-13H,6-9H2,1H3,(H,22,25,27). The fraction of sp³-hybridized carbons (Fsp3) is 0.300. The number of nitrogens with zero attached hydrogens (tertiary/aromatic N) is 4. The van der Waals surface area contributed by atoms with E-state index in [2.05, 4.69) is 43.6 Å². The largest absolute Gasteiger partial charge is 0.356 e. The number of rotatable bonds is 4. The van der Waals surface area contributed by atoms with Crippen molar-refractivity contribution < 1.29 is 4.79 Å². The lowest BCUT2D eigenvalue weighted by molar-refractivity contribution is -0.120. The number of anilines is 2. The number of fused-ring (bicyclic) bond motifs is 1. The summed E-state index contributed by atoms with van der Waals surface area (Å²) in [6.45, 7) is 1.56. The van der Waals surface area contributed by atoms with Gasteiger partial charge in [-0.2, -0.15) is 0 Å². The molecule has 0 saturated carbocycles. The molecule has 0 radical (unpaired) electrons. The van der Waals surface area contributed by atoms with Crippen LogP contribution in [0, 0.1) is 5.92 Å². The lowest BCUT2D eigenvalue weighted by Crippen LogP contribution is -2.38. The zero-order valence-electron chi connectivity index (χ0n) is 15.4. The van der Waals surface area contributed by atoms with Crippen molar-refractivity contribution in [1.29, 1.82) is 0 Å². The number of hydrogen-bond acceptors (Lipinski definition) is 6. The summed E-state index contributed by atoms with van der Waals surface area (Å²) in [7, 11) is 0. The number of benzene rings is 1. The molecule has 0 unspecified atom stereocenters. The summed E-state index contributed by atoms with van der Waals surface area (Å²) in [4.78, 5) is 29.0. The summed E-state index contributed by atoms with van der Waals surface area (Å²) in [5.41, 5.74) is 0.941. The van der Waals surface area contributed by atoms with Crippen molar-refractivity contribution in [3.8, 4) is 0 Å². The molecule has 1 fully saturated rings. The second-order valence-electron chi connectivity index (χ2n) is 6.69. The molecule has 3 heterocycles. The summed E-state index contributed by atoms with van der Waals surface area (Å²) in [5.74, 6) is 1.44.